The predicted molar refractivity (Wildman–Crippen MR) is 152 cm³/mol. The maximum atomic E-state index is 13.5. The number of likely N-dealkylation sites (tertiary alicyclic amines) is 1. The molecule has 40 heavy (non-hydrogen) atoms. The zero-order chi connectivity index (χ0) is 27.7. The van der Waals surface area contributed by atoms with Crippen LogP contribution in [0.4, 0.5) is 20.3 Å². The van der Waals surface area contributed by atoms with Crippen molar-refractivity contribution in [2.75, 3.05) is 36.4 Å². The molecule has 0 atom stereocenters. The van der Waals surface area contributed by atoms with Gasteiger partial charge in [0.25, 0.3) is 11.8 Å². The molecule has 0 spiro atoms. The lowest BCUT2D eigenvalue weighted by Crippen LogP contribution is -2.38. The van der Waals surface area contributed by atoms with Crippen LogP contribution in [0.15, 0.2) is 55.0 Å². The second-order valence-electron chi connectivity index (χ2n) is 11.1. The Morgan fingerprint density at radius 3 is 2.58 bits per heavy atom. The summed E-state index contributed by atoms with van der Waals surface area (Å²) < 4.78 is 27.1. The molecule has 0 aliphatic carbocycles. The molecule has 10 heteroatoms. The van der Waals surface area contributed by atoms with Crippen LogP contribution in [0, 0.1) is 5.92 Å². The number of hydrogen-bond donors (Lipinski definition) is 2. The average Bonchev–Trinajstić information content (AvgIpc) is 3.39. The number of nitrogens with one attached hydrogen (secondary N) is 2. The first kappa shape index (κ1) is 26.3. The molecule has 2 fully saturated rings. The number of H-pyrrole nitrogens is 1. The molecule has 2 N–H and O–H groups in total. The van der Waals surface area contributed by atoms with E-state index in [1.165, 1.54) is 0 Å². The summed E-state index contributed by atoms with van der Waals surface area (Å²) in [7, 11) is 0. The molecule has 0 unspecified atom stereocenters. The van der Waals surface area contributed by atoms with Crippen molar-refractivity contribution in [2.45, 2.75) is 45.1 Å². The highest BCUT2D eigenvalue weighted by Gasteiger charge is 2.33. The lowest BCUT2D eigenvalue weighted by atomic mass is 9.99. The Labute approximate surface area is 231 Å². The van der Waals surface area contributed by atoms with Crippen molar-refractivity contribution in [1.82, 2.24) is 25.1 Å². The zero-order valence-electron chi connectivity index (χ0n) is 22.5. The highest BCUT2D eigenvalue weighted by molar-refractivity contribution is 6.11. The van der Waals surface area contributed by atoms with Crippen LogP contribution in [-0.4, -0.2) is 63.1 Å². The molecule has 6 rings (SSSR count). The molecule has 2 aliphatic heterocycles. The number of rotatable bonds is 6. The average molecular weight is 546 g/mol. The molecule has 0 saturated carbocycles. The second-order valence-corrected chi connectivity index (χ2v) is 11.1. The topological polar surface area (TPSA) is 90.0 Å². The number of carbonyl (C=O) groups is 1. The smallest absolute Gasteiger partial charge is 0.276 e. The van der Waals surface area contributed by atoms with Crippen LogP contribution in [0.3, 0.4) is 0 Å². The van der Waals surface area contributed by atoms with Crippen molar-refractivity contribution < 1.29 is 13.6 Å². The molecule has 4 aromatic rings. The van der Waals surface area contributed by atoms with Crippen LogP contribution < -0.4 is 10.2 Å². The van der Waals surface area contributed by atoms with Crippen molar-refractivity contribution in [3.05, 3.63) is 66.2 Å². The van der Waals surface area contributed by atoms with E-state index in [9.17, 15) is 13.6 Å². The molecular weight excluding hydrogens is 512 g/mol. The summed E-state index contributed by atoms with van der Waals surface area (Å²) in [6, 6.07) is 11.6. The van der Waals surface area contributed by atoms with E-state index in [4.69, 9.17) is 0 Å². The number of benzene rings is 1. The summed E-state index contributed by atoms with van der Waals surface area (Å²) in [6.45, 7) is 5.58. The fraction of sp³-hybridized carbons (Fsp3) is 0.400. The predicted octanol–water partition coefficient (Wildman–Crippen LogP) is 5.74. The molecule has 5 heterocycles. The molecule has 0 bridgehead atoms. The van der Waals surface area contributed by atoms with Crippen molar-refractivity contribution in [2.24, 2.45) is 5.92 Å². The van der Waals surface area contributed by atoms with E-state index in [1.807, 2.05) is 41.3 Å². The number of aromatic amines is 1. The van der Waals surface area contributed by atoms with Gasteiger partial charge in [-0.25, -0.2) is 13.8 Å². The van der Waals surface area contributed by atoms with Crippen LogP contribution in [-0.2, 0) is 6.54 Å². The maximum Gasteiger partial charge on any atom is 0.276 e. The van der Waals surface area contributed by atoms with Gasteiger partial charge in [-0.15, -0.1) is 0 Å². The number of anilines is 2. The number of fused-ring (bicyclic) bond motifs is 1. The highest BCUT2D eigenvalue weighted by atomic mass is 19.3. The number of aromatic nitrogens is 4. The third kappa shape index (κ3) is 5.82. The third-order valence-electron chi connectivity index (χ3n) is 8.01. The van der Waals surface area contributed by atoms with E-state index in [0.29, 0.717) is 36.4 Å². The first-order valence-electron chi connectivity index (χ1n) is 13.9. The van der Waals surface area contributed by atoms with Gasteiger partial charge in [0.2, 0.25) is 0 Å². The standard InChI is InChI=1S/C30H33F2N7O/c1-20-6-10-39(11-7-20)27-5-3-24(18-34-27)35-29(40)28-25-15-22(2-4-26(25)36-37-28)23-14-21(16-33-17-23)19-38-12-8-30(31,32)9-13-38/h2-5,14-18,20H,6-13,19H2,1H3,(H,35,40)(H,36,37). The first-order chi connectivity index (χ1) is 19.3. The summed E-state index contributed by atoms with van der Waals surface area (Å²) in [5.74, 6) is -1.21. The summed E-state index contributed by atoms with van der Waals surface area (Å²) in [4.78, 5) is 26.5. The molecule has 3 aromatic heterocycles. The first-order valence-corrected chi connectivity index (χ1v) is 13.9. The Hall–Kier alpha value is -3.92. The second kappa shape index (κ2) is 10.9. The van der Waals surface area contributed by atoms with E-state index in [2.05, 4.69) is 37.3 Å². The van der Waals surface area contributed by atoms with Gasteiger partial charge < -0.3 is 10.2 Å². The van der Waals surface area contributed by atoms with Crippen LogP contribution in [0.25, 0.3) is 22.0 Å². The van der Waals surface area contributed by atoms with E-state index < -0.39 is 5.92 Å². The number of nitrogens with zero attached hydrogens (tertiary/aromatic N) is 5. The Bertz CT molecular complexity index is 1490. The largest absolute Gasteiger partial charge is 0.357 e. The van der Waals surface area contributed by atoms with Crippen LogP contribution in [0.5, 0.6) is 0 Å². The Morgan fingerprint density at radius 1 is 1.02 bits per heavy atom. The minimum absolute atomic E-state index is 0.111. The molecule has 208 valence electrons. The molecule has 1 amide bonds. The zero-order valence-corrected chi connectivity index (χ0v) is 22.5. The van der Waals surface area contributed by atoms with Gasteiger partial charge in [0.15, 0.2) is 5.69 Å². The monoisotopic (exact) mass is 545 g/mol. The van der Waals surface area contributed by atoms with E-state index in [-0.39, 0.29) is 18.7 Å². The van der Waals surface area contributed by atoms with Crippen molar-refractivity contribution in [3.63, 3.8) is 0 Å². The van der Waals surface area contributed by atoms with Gasteiger partial charge in [-0.1, -0.05) is 13.0 Å². The number of pyridine rings is 2. The summed E-state index contributed by atoms with van der Waals surface area (Å²) in [6.07, 6.45) is 7.33. The highest BCUT2D eigenvalue weighted by Crippen LogP contribution is 2.30. The minimum atomic E-state index is -2.56. The Balaban J connectivity index is 1.16. The summed E-state index contributed by atoms with van der Waals surface area (Å²) in [5.41, 5.74) is 4.40. The SMILES string of the molecule is CC1CCN(c2ccc(NC(=O)c3n[nH]c4ccc(-c5cncc(CN6CCC(F)(F)CC6)c5)cc34)cn2)CC1. The van der Waals surface area contributed by atoms with E-state index in [1.54, 1.807) is 18.6 Å². The Kier molecular flexibility index (Phi) is 7.18. The van der Waals surface area contributed by atoms with Crippen LogP contribution in [0.2, 0.25) is 0 Å². The quantitative estimate of drug-likeness (QED) is 0.321. The number of amides is 1. The molecule has 8 nitrogen and oxygen atoms in total. The fourth-order valence-corrected chi connectivity index (χ4v) is 5.47. The lowest BCUT2D eigenvalue weighted by molar-refractivity contribution is -0.0566. The van der Waals surface area contributed by atoms with Gasteiger partial charge in [-0.2, -0.15) is 5.10 Å². The number of halogens is 2. The number of carbonyl (C=O) groups excluding carboxylic acids is 1. The molecular formula is C30H33F2N7O. The van der Waals surface area contributed by atoms with Crippen molar-refractivity contribution in [1.29, 1.82) is 0 Å². The summed E-state index contributed by atoms with van der Waals surface area (Å²) in [5, 5.41) is 10.8. The van der Waals surface area contributed by atoms with Gasteiger partial charge in [0, 0.05) is 68.9 Å². The van der Waals surface area contributed by atoms with E-state index >= 15 is 0 Å². The fourth-order valence-electron chi connectivity index (χ4n) is 5.47. The van der Waals surface area contributed by atoms with Gasteiger partial charge >= 0.3 is 0 Å². The van der Waals surface area contributed by atoms with Crippen LogP contribution >= 0.6 is 0 Å². The molecule has 2 saturated heterocycles. The van der Waals surface area contributed by atoms with Crippen LogP contribution in [0.1, 0.15) is 48.7 Å². The number of piperidine rings is 2. The minimum Gasteiger partial charge on any atom is -0.357 e. The third-order valence-corrected chi connectivity index (χ3v) is 8.01. The van der Waals surface area contributed by atoms with Crippen molar-refractivity contribution in [3.8, 4) is 11.1 Å². The molecule has 2 aliphatic rings. The number of hydrogen-bond acceptors (Lipinski definition) is 6. The molecule has 1 aromatic carbocycles. The maximum absolute atomic E-state index is 13.5. The van der Waals surface area contributed by atoms with Gasteiger partial charge in [0.05, 0.1) is 17.4 Å². The Morgan fingerprint density at radius 2 is 1.82 bits per heavy atom. The van der Waals surface area contributed by atoms with Gasteiger partial charge in [-0.3, -0.25) is 19.8 Å². The van der Waals surface area contributed by atoms with Gasteiger partial charge in [-0.05, 0) is 60.2 Å². The lowest BCUT2D eigenvalue weighted by Gasteiger charge is -2.31. The van der Waals surface area contributed by atoms with Gasteiger partial charge in [0.1, 0.15) is 5.82 Å². The number of alkyl halides is 2. The van der Waals surface area contributed by atoms with E-state index in [0.717, 1.165) is 59.9 Å². The van der Waals surface area contributed by atoms with Crippen molar-refractivity contribution >= 4 is 28.3 Å². The normalized spacial score (nSPS) is 18.2. The molecule has 0 radical (unpaired) electrons. The summed E-state index contributed by atoms with van der Waals surface area (Å²) >= 11 is 0.